The first kappa shape index (κ1) is 15.6. The van der Waals surface area contributed by atoms with Gasteiger partial charge in [-0.05, 0) is 42.5 Å². The lowest BCUT2D eigenvalue weighted by Crippen LogP contribution is -2.37. The predicted molar refractivity (Wildman–Crippen MR) is 93.2 cm³/mol. The number of nitrogens with zero attached hydrogens (tertiary/aromatic N) is 2. The zero-order valence-electron chi connectivity index (χ0n) is 14.2. The lowest BCUT2D eigenvalue weighted by atomic mass is 10.0. The third kappa shape index (κ3) is 3.17. The molecule has 2 aliphatic rings. The van der Waals surface area contributed by atoms with Crippen molar-refractivity contribution in [1.82, 2.24) is 9.88 Å². The average molecular weight is 324 g/mol. The first-order valence-electron chi connectivity index (χ1n) is 8.76. The van der Waals surface area contributed by atoms with E-state index in [4.69, 9.17) is 9.47 Å². The second-order valence-corrected chi connectivity index (χ2v) is 6.67. The van der Waals surface area contributed by atoms with Crippen molar-refractivity contribution in [3.8, 4) is 5.75 Å². The molecule has 0 N–H and O–H groups in total. The van der Waals surface area contributed by atoms with E-state index in [1.165, 1.54) is 36.0 Å². The van der Waals surface area contributed by atoms with Gasteiger partial charge in [-0.25, -0.2) is 0 Å². The smallest absolute Gasteiger partial charge is 0.123 e. The van der Waals surface area contributed by atoms with E-state index in [1.54, 1.807) is 13.3 Å². The first-order valence-corrected chi connectivity index (χ1v) is 8.76. The van der Waals surface area contributed by atoms with Gasteiger partial charge in [-0.15, -0.1) is 0 Å². The van der Waals surface area contributed by atoms with E-state index in [2.05, 4.69) is 28.1 Å². The molecule has 0 radical (unpaired) electrons. The van der Waals surface area contributed by atoms with Crippen LogP contribution in [-0.2, 0) is 24.1 Å². The van der Waals surface area contributed by atoms with Crippen LogP contribution in [0.5, 0.6) is 5.75 Å². The van der Waals surface area contributed by atoms with E-state index >= 15 is 0 Å². The van der Waals surface area contributed by atoms with Crippen molar-refractivity contribution in [1.29, 1.82) is 0 Å². The Hall–Kier alpha value is -1.91. The zero-order valence-corrected chi connectivity index (χ0v) is 14.2. The highest BCUT2D eigenvalue weighted by Crippen LogP contribution is 2.31. The summed E-state index contributed by atoms with van der Waals surface area (Å²) < 4.78 is 11.6. The Bertz CT molecular complexity index is 702. The summed E-state index contributed by atoms with van der Waals surface area (Å²) in [6.45, 7) is 3.52. The van der Waals surface area contributed by atoms with E-state index in [0.29, 0.717) is 0 Å². The van der Waals surface area contributed by atoms with Crippen LogP contribution < -0.4 is 4.74 Å². The fourth-order valence-corrected chi connectivity index (χ4v) is 3.82. The molecule has 4 nitrogen and oxygen atoms in total. The summed E-state index contributed by atoms with van der Waals surface area (Å²) in [5.74, 6) is 1.03. The highest BCUT2D eigenvalue weighted by Gasteiger charge is 2.24. The summed E-state index contributed by atoms with van der Waals surface area (Å²) in [7, 11) is 1.78. The van der Waals surface area contributed by atoms with Crippen LogP contribution in [0.1, 0.15) is 34.8 Å². The fourth-order valence-electron chi connectivity index (χ4n) is 3.82. The number of aromatic nitrogens is 1. The summed E-state index contributed by atoms with van der Waals surface area (Å²) in [5, 5.41) is 0. The van der Waals surface area contributed by atoms with Gasteiger partial charge in [-0.3, -0.25) is 9.88 Å². The van der Waals surface area contributed by atoms with Crippen LogP contribution in [-0.4, -0.2) is 36.7 Å². The summed E-state index contributed by atoms with van der Waals surface area (Å²) in [6, 6.07) is 8.67. The number of morpholine rings is 1. The lowest BCUT2D eigenvalue weighted by molar-refractivity contribution is -0.0332. The number of hydrogen-bond acceptors (Lipinski definition) is 4. The van der Waals surface area contributed by atoms with Crippen LogP contribution >= 0.6 is 0 Å². The van der Waals surface area contributed by atoms with Crippen molar-refractivity contribution >= 4 is 0 Å². The summed E-state index contributed by atoms with van der Waals surface area (Å²) in [6.07, 6.45) is 7.47. The number of fused-ring (bicyclic) bond motifs is 1. The molecule has 4 heteroatoms. The summed E-state index contributed by atoms with van der Waals surface area (Å²) in [5.41, 5.74) is 5.42. The average Bonchev–Trinajstić information content (AvgIpc) is 3.09. The van der Waals surface area contributed by atoms with E-state index in [1.807, 2.05) is 12.3 Å². The van der Waals surface area contributed by atoms with Gasteiger partial charge in [0, 0.05) is 43.2 Å². The molecule has 0 spiro atoms. The SMILES string of the molecule is COc1cc2c(cc1CN1CCOC(c3cccnc3)C1)CCC2. The van der Waals surface area contributed by atoms with Crippen LogP contribution in [0.2, 0.25) is 0 Å². The number of hydrogen-bond donors (Lipinski definition) is 0. The highest BCUT2D eigenvalue weighted by atomic mass is 16.5. The number of rotatable bonds is 4. The van der Waals surface area contributed by atoms with E-state index in [0.717, 1.165) is 37.6 Å². The van der Waals surface area contributed by atoms with E-state index < -0.39 is 0 Å². The van der Waals surface area contributed by atoms with E-state index in [9.17, 15) is 0 Å². The maximum absolute atomic E-state index is 5.95. The predicted octanol–water partition coefficient (Wildman–Crippen LogP) is 3.15. The van der Waals surface area contributed by atoms with Gasteiger partial charge in [0.2, 0.25) is 0 Å². The Morgan fingerprint density at radius 3 is 2.96 bits per heavy atom. The molecule has 2 aromatic rings. The van der Waals surface area contributed by atoms with Gasteiger partial charge < -0.3 is 9.47 Å². The van der Waals surface area contributed by atoms with Gasteiger partial charge in [0.05, 0.1) is 19.8 Å². The van der Waals surface area contributed by atoms with E-state index in [-0.39, 0.29) is 6.10 Å². The fraction of sp³-hybridized carbons (Fsp3) is 0.450. The first-order chi connectivity index (χ1) is 11.8. The molecule has 1 aromatic carbocycles. The maximum Gasteiger partial charge on any atom is 0.123 e. The minimum Gasteiger partial charge on any atom is -0.496 e. The van der Waals surface area contributed by atoms with Crippen molar-refractivity contribution in [3.63, 3.8) is 0 Å². The number of methoxy groups -OCH3 is 1. The molecule has 0 saturated carbocycles. The van der Waals surface area contributed by atoms with Crippen LogP contribution in [0.3, 0.4) is 0 Å². The van der Waals surface area contributed by atoms with Crippen LogP contribution in [0, 0.1) is 0 Å². The van der Waals surface area contributed by atoms with Crippen molar-refractivity contribution in [3.05, 3.63) is 58.9 Å². The van der Waals surface area contributed by atoms with Crippen molar-refractivity contribution in [2.45, 2.75) is 31.9 Å². The second-order valence-electron chi connectivity index (χ2n) is 6.67. The Morgan fingerprint density at radius 1 is 1.29 bits per heavy atom. The van der Waals surface area contributed by atoms with Crippen LogP contribution in [0.25, 0.3) is 0 Å². The standard InChI is InChI=1S/C20H24N2O2/c1-23-19-11-16-5-2-4-15(16)10-18(19)13-22-8-9-24-20(14-22)17-6-3-7-21-12-17/h3,6-7,10-12,20H,2,4-5,8-9,13-14H2,1H3. The Morgan fingerprint density at radius 2 is 2.17 bits per heavy atom. The molecule has 4 rings (SSSR count). The maximum atomic E-state index is 5.95. The topological polar surface area (TPSA) is 34.6 Å². The molecule has 1 aliphatic carbocycles. The minimum atomic E-state index is 0.105. The number of pyridine rings is 1. The summed E-state index contributed by atoms with van der Waals surface area (Å²) in [4.78, 5) is 6.68. The molecular weight excluding hydrogens is 300 g/mol. The largest absolute Gasteiger partial charge is 0.496 e. The molecule has 1 unspecified atom stereocenters. The van der Waals surface area contributed by atoms with Gasteiger partial charge in [-0.2, -0.15) is 0 Å². The molecule has 1 saturated heterocycles. The van der Waals surface area contributed by atoms with Crippen molar-refractivity contribution in [2.24, 2.45) is 0 Å². The third-order valence-electron chi connectivity index (χ3n) is 5.10. The third-order valence-corrected chi connectivity index (χ3v) is 5.10. The lowest BCUT2D eigenvalue weighted by Gasteiger charge is -2.33. The number of benzene rings is 1. The van der Waals surface area contributed by atoms with Crippen molar-refractivity contribution < 1.29 is 9.47 Å². The Labute approximate surface area is 143 Å². The van der Waals surface area contributed by atoms with Gasteiger partial charge in [0.25, 0.3) is 0 Å². The molecule has 0 bridgehead atoms. The van der Waals surface area contributed by atoms with Gasteiger partial charge >= 0.3 is 0 Å². The van der Waals surface area contributed by atoms with Gasteiger partial charge in [0.15, 0.2) is 0 Å². The molecular formula is C20H24N2O2. The number of aryl methyl sites for hydroxylation is 2. The molecule has 126 valence electrons. The molecule has 1 aliphatic heterocycles. The highest BCUT2D eigenvalue weighted by molar-refractivity contribution is 5.44. The van der Waals surface area contributed by atoms with Crippen molar-refractivity contribution in [2.75, 3.05) is 26.8 Å². The molecule has 1 aromatic heterocycles. The Kier molecular flexibility index (Phi) is 4.50. The Balaban J connectivity index is 1.51. The molecule has 0 amide bonds. The molecule has 24 heavy (non-hydrogen) atoms. The minimum absolute atomic E-state index is 0.105. The van der Waals surface area contributed by atoms with Gasteiger partial charge in [-0.1, -0.05) is 12.1 Å². The zero-order chi connectivity index (χ0) is 16.4. The quantitative estimate of drug-likeness (QED) is 0.865. The van der Waals surface area contributed by atoms with Crippen LogP contribution in [0.4, 0.5) is 0 Å². The van der Waals surface area contributed by atoms with Crippen LogP contribution in [0.15, 0.2) is 36.7 Å². The summed E-state index contributed by atoms with van der Waals surface area (Å²) >= 11 is 0. The van der Waals surface area contributed by atoms with Gasteiger partial charge in [0.1, 0.15) is 5.75 Å². The normalized spacial score (nSPS) is 20.8. The molecule has 1 fully saturated rings. The number of ether oxygens (including phenoxy) is 2. The molecule has 1 atom stereocenters. The molecule has 2 heterocycles. The second kappa shape index (κ2) is 6.91. The monoisotopic (exact) mass is 324 g/mol.